The molecule has 7 heteroatoms. The highest BCUT2D eigenvalue weighted by molar-refractivity contribution is 8.00. The second-order valence-corrected chi connectivity index (χ2v) is 6.64. The molecular formula is C19H21NO5S. The molecule has 0 saturated heterocycles. The molecule has 0 N–H and O–H groups in total. The fourth-order valence-electron chi connectivity index (χ4n) is 2.67. The van der Waals surface area contributed by atoms with Crippen LogP contribution in [0.4, 0.5) is 0 Å². The minimum absolute atomic E-state index is 0.0376. The van der Waals surface area contributed by atoms with Crippen molar-refractivity contribution >= 4 is 29.5 Å². The van der Waals surface area contributed by atoms with Crippen molar-refractivity contribution in [3.63, 3.8) is 0 Å². The van der Waals surface area contributed by atoms with Crippen LogP contribution in [-0.4, -0.2) is 48.0 Å². The number of carbonyl (C=O) groups excluding carboxylic acids is 3. The number of benzene rings is 1. The van der Waals surface area contributed by atoms with Crippen molar-refractivity contribution < 1.29 is 23.9 Å². The number of aromatic nitrogens is 1. The SMILES string of the molecule is COC(=O)CSCC(=O)c1cc(C)n(-c2ccc(C(=O)OC)cc2)c1C. The molecule has 0 unspecified atom stereocenters. The molecule has 0 amide bonds. The van der Waals surface area contributed by atoms with Gasteiger partial charge in [-0.15, -0.1) is 11.8 Å². The predicted octanol–water partition coefficient (Wildman–Crippen LogP) is 2.97. The Labute approximate surface area is 156 Å². The Morgan fingerprint density at radius 2 is 1.65 bits per heavy atom. The summed E-state index contributed by atoms with van der Waals surface area (Å²) in [6.45, 7) is 3.79. The van der Waals surface area contributed by atoms with Crippen LogP contribution in [0.25, 0.3) is 5.69 Å². The van der Waals surface area contributed by atoms with Crippen LogP contribution in [0.3, 0.4) is 0 Å². The van der Waals surface area contributed by atoms with Crippen molar-refractivity contribution in [1.82, 2.24) is 4.57 Å². The van der Waals surface area contributed by atoms with E-state index in [0.29, 0.717) is 11.1 Å². The number of rotatable bonds is 7. The largest absolute Gasteiger partial charge is 0.468 e. The molecule has 6 nitrogen and oxygen atoms in total. The summed E-state index contributed by atoms with van der Waals surface area (Å²) >= 11 is 1.23. The molecule has 0 atom stereocenters. The lowest BCUT2D eigenvalue weighted by molar-refractivity contribution is -0.137. The van der Waals surface area contributed by atoms with Gasteiger partial charge in [-0.1, -0.05) is 0 Å². The third kappa shape index (κ3) is 4.35. The number of methoxy groups -OCH3 is 2. The molecule has 0 aliphatic heterocycles. The van der Waals surface area contributed by atoms with E-state index in [0.717, 1.165) is 17.1 Å². The highest BCUT2D eigenvalue weighted by Gasteiger charge is 2.17. The molecule has 0 fully saturated rings. The monoisotopic (exact) mass is 375 g/mol. The number of ketones is 1. The topological polar surface area (TPSA) is 74.6 Å². The number of aryl methyl sites for hydroxylation is 1. The lowest BCUT2D eigenvalue weighted by Crippen LogP contribution is -2.09. The molecule has 1 aromatic carbocycles. The summed E-state index contributed by atoms with van der Waals surface area (Å²) in [6.07, 6.45) is 0. The molecule has 1 aromatic heterocycles. The summed E-state index contributed by atoms with van der Waals surface area (Å²) in [4.78, 5) is 35.2. The molecule has 2 aromatic rings. The van der Waals surface area contributed by atoms with Crippen LogP contribution in [0.15, 0.2) is 30.3 Å². The van der Waals surface area contributed by atoms with Crippen LogP contribution in [0, 0.1) is 13.8 Å². The van der Waals surface area contributed by atoms with Crippen molar-refractivity contribution in [1.29, 1.82) is 0 Å². The lowest BCUT2D eigenvalue weighted by atomic mass is 10.2. The molecule has 0 bridgehead atoms. The minimum atomic E-state index is -0.393. The van der Waals surface area contributed by atoms with E-state index >= 15 is 0 Å². The Kier molecular flexibility index (Phi) is 6.63. The van der Waals surface area contributed by atoms with Crippen LogP contribution in [-0.2, 0) is 14.3 Å². The van der Waals surface area contributed by atoms with Crippen molar-refractivity contribution in [2.75, 3.05) is 25.7 Å². The average Bonchev–Trinajstić information content (AvgIpc) is 2.95. The molecule has 0 radical (unpaired) electrons. The Morgan fingerprint density at radius 3 is 2.23 bits per heavy atom. The Morgan fingerprint density at radius 1 is 1.00 bits per heavy atom. The fraction of sp³-hybridized carbons (Fsp3) is 0.316. The number of nitrogens with zero attached hydrogens (tertiary/aromatic N) is 1. The first kappa shape index (κ1) is 19.8. The summed E-state index contributed by atoms with van der Waals surface area (Å²) in [7, 11) is 2.66. The first-order chi connectivity index (χ1) is 12.4. The third-order valence-corrected chi connectivity index (χ3v) is 4.87. The molecule has 2 rings (SSSR count). The van der Waals surface area contributed by atoms with Gasteiger partial charge in [-0.3, -0.25) is 9.59 Å². The van der Waals surface area contributed by atoms with Crippen LogP contribution >= 0.6 is 11.8 Å². The van der Waals surface area contributed by atoms with Gasteiger partial charge in [0.1, 0.15) is 0 Å². The van der Waals surface area contributed by atoms with Crippen LogP contribution in [0.1, 0.15) is 32.1 Å². The van der Waals surface area contributed by atoms with Gasteiger partial charge in [-0.25, -0.2) is 4.79 Å². The molecule has 26 heavy (non-hydrogen) atoms. The van der Waals surface area contributed by atoms with Gasteiger partial charge in [-0.2, -0.15) is 0 Å². The zero-order valence-electron chi connectivity index (χ0n) is 15.2. The normalized spacial score (nSPS) is 10.5. The molecule has 0 aliphatic rings. The zero-order valence-corrected chi connectivity index (χ0v) is 16.0. The van der Waals surface area contributed by atoms with Crippen molar-refractivity contribution in [2.45, 2.75) is 13.8 Å². The number of esters is 2. The summed E-state index contributed by atoms with van der Waals surface area (Å²) < 4.78 is 11.2. The summed E-state index contributed by atoms with van der Waals surface area (Å²) in [6, 6.07) is 8.84. The standard InChI is InChI=1S/C19H21NO5S/c1-12-9-16(17(21)10-26-11-18(22)24-3)13(2)20(12)15-7-5-14(6-8-15)19(23)25-4/h5-9H,10-11H2,1-4H3. The van der Waals surface area contributed by atoms with E-state index in [1.54, 1.807) is 12.1 Å². The van der Waals surface area contributed by atoms with E-state index < -0.39 is 5.97 Å². The maximum Gasteiger partial charge on any atom is 0.337 e. The summed E-state index contributed by atoms with van der Waals surface area (Å²) in [5.74, 6) is -0.421. The number of Topliss-reactive ketones (excluding diaryl/α,β-unsaturated/α-hetero) is 1. The highest BCUT2D eigenvalue weighted by atomic mass is 32.2. The van der Waals surface area contributed by atoms with Gasteiger partial charge in [0.25, 0.3) is 0 Å². The van der Waals surface area contributed by atoms with Gasteiger partial charge >= 0.3 is 11.9 Å². The molecule has 1 heterocycles. The van der Waals surface area contributed by atoms with Gasteiger partial charge in [0.15, 0.2) is 5.78 Å². The smallest absolute Gasteiger partial charge is 0.337 e. The van der Waals surface area contributed by atoms with Crippen LogP contribution in [0.2, 0.25) is 0 Å². The van der Waals surface area contributed by atoms with Crippen molar-refractivity contribution in [2.24, 2.45) is 0 Å². The number of carbonyl (C=O) groups is 3. The average molecular weight is 375 g/mol. The quantitative estimate of drug-likeness (QED) is 0.547. The number of thioether (sulfide) groups is 1. The number of ether oxygens (including phenoxy) is 2. The first-order valence-electron chi connectivity index (χ1n) is 7.94. The fourth-order valence-corrected chi connectivity index (χ4v) is 3.40. The van der Waals surface area contributed by atoms with Crippen molar-refractivity contribution in [3.05, 3.63) is 52.8 Å². The Hall–Kier alpha value is -2.54. The lowest BCUT2D eigenvalue weighted by Gasteiger charge is -2.10. The zero-order chi connectivity index (χ0) is 19.3. The number of hydrogen-bond donors (Lipinski definition) is 0. The second-order valence-electron chi connectivity index (χ2n) is 5.65. The van der Waals surface area contributed by atoms with E-state index in [1.807, 2.05) is 36.6 Å². The number of hydrogen-bond acceptors (Lipinski definition) is 6. The molecule has 0 aliphatic carbocycles. The first-order valence-corrected chi connectivity index (χ1v) is 9.10. The van der Waals surface area contributed by atoms with E-state index in [4.69, 9.17) is 4.74 Å². The second kappa shape index (κ2) is 8.71. The van der Waals surface area contributed by atoms with E-state index in [9.17, 15) is 14.4 Å². The Balaban J connectivity index is 2.20. The molecular weight excluding hydrogens is 354 g/mol. The van der Waals surface area contributed by atoms with Gasteiger partial charge in [0.05, 0.1) is 31.3 Å². The minimum Gasteiger partial charge on any atom is -0.468 e. The molecule has 0 saturated carbocycles. The maximum atomic E-state index is 12.5. The van der Waals surface area contributed by atoms with Crippen LogP contribution < -0.4 is 0 Å². The molecule has 0 spiro atoms. The maximum absolute atomic E-state index is 12.5. The Bertz CT molecular complexity index is 823. The van der Waals surface area contributed by atoms with Gasteiger partial charge in [-0.05, 0) is 44.2 Å². The third-order valence-electron chi connectivity index (χ3n) is 3.96. The van der Waals surface area contributed by atoms with Crippen LogP contribution in [0.5, 0.6) is 0 Å². The highest BCUT2D eigenvalue weighted by Crippen LogP contribution is 2.23. The van der Waals surface area contributed by atoms with Crippen molar-refractivity contribution in [3.8, 4) is 5.69 Å². The van der Waals surface area contributed by atoms with E-state index in [2.05, 4.69) is 4.74 Å². The predicted molar refractivity (Wildman–Crippen MR) is 100 cm³/mol. The van der Waals surface area contributed by atoms with Gasteiger partial charge in [0.2, 0.25) is 0 Å². The van der Waals surface area contributed by atoms with E-state index in [1.165, 1.54) is 26.0 Å². The summed E-state index contributed by atoms with van der Waals surface area (Å²) in [5, 5.41) is 0. The molecule has 138 valence electrons. The summed E-state index contributed by atoms with van der Waals surface area (Å²) in [5.41, 5.74) is 3.67. The van der Waals surface area contributed by atoms with E-state index in [-0.39, 0.29) is 23.3 Å². The van der Waals surface area contributed by atoms with Gasteiger partial charge in [0, 0.05) is 22.6 Å². The van der Waals surface area contributed by atoms with Gasteiger partial charge < -0.3 is 14.0 Å².